The Balaban J connectivity index is 1.47. The summed E-state index contributed by atoms with van der Waals surface area (Å²) in [6, 6.07) is 23.6. The minimum absolute atomic E-state index is 0.358. The molecule has 0 unspecified atom stereocenters. The van der Waals surface area contributed by atoms with Crippen LogP contribution in [-0.2, 0) is 6.42 Å². The molecule has 0 amide bonds. The maximum absolute atomic E-state index is 12.6. The van der Waals surface area contributed by atoms with Crippen molar-refractivity contribution in [3.63, 3.8) is 0 Å². The highest BCUT2D eigenvalue weighted by atomic mass is 16.5. The van der Waals surface area contributed by atoms with Crippen molar-refractivity contribution in [3.8, 4) is 22.6 Å². The van der Waals surface area contributed by atoms with Crippen molar-refractivity contribution in [2.24, 2.45) is 0 Å². The van der Waals surface area contributed by atoms with Gasteiger partial charge in [0, 0.05) is 0 Å². The van der Waals surface area contributed by atoms with Crippen molar-refractivity contribution < 1.29 is 14.3 Å². The Labute approximate surface area is 211 Å². The Kier molecular flexibility index (Phi) is 11.4. The molecule has 186 valence electrons. The van der Waals surface area contributed by atoms with E-state index in [2.05, 4.69) is 38.1 Å². The van der Waals surface area contributed by atoms with Gasteiger partial charge in [0.05, 0.1) is 12.2 Å². The van der Waals surface area contributed by atoms with Crippen LogP contribution in [0, 0.1) is 0 Å². The number of hydrogen-bond donors (Lipinski definition) is 0. The van der Waals surface area contributed by atoms with Crippen molar-refractivity contribution >= 4 is 5.97 Å². The van der Waals surface area contributed by atoms with Crippen LogP contribution in [0.1, 0.15) is 87.6 Å². The highest BCUT2D eigenvalue weighted by Gasteiger charge is 2.09. The maximum Gasteiger partial charge on any atom is 0.343 e. The molecule has 3 aromatic carbocycles. The Morgan fingerprint density at radius 3 is 1.77 bits per heavy atom. The average Bonchev–Trinajstić information content (AvgIpc) is 2.90. The Bertz CT molecular complexity index is 988. The zero-order chi connectivity index (χ0) is 24.7. The second kappa shape index (κ2) is 15.0. The van der Waals surface area contributed by atoms with Gasteiger partial charge < -0.3 is 9.47 Å². The van der Waals surface area contributed by atoms with E-state index in [1.54, 1.807) is 12.1 Å². The molecule has 0 aliphatic rings. The number of aryl methyl sites for hydroxylation is 1. The third-order valence-electron chi connectivity index (χ3n) is 6.28. The molecular weight excluding hydrogens is 432 g/mol. The van der Waals surface area contributed by atoms with Crippen molar-refractivity contribution in [2.75, 3.05) is 6.61 Å². The molecule has 0 aliphatic heterocycles. The molecule has 0 aliphatic carbocycles. The Hall–Kier alpha value is -3.07. The van der Waals surface area contributed by atoms with E-state index < -0.39 is 0 Å². The Morgan fingerprint density at radius 2 is 1.14 bits per heavy atom. The summed E-state index contributed by atoms with van der Waals surface area (Å²) < 4.78 is 11.3. The van der Waals surface area contributed by atoms with E-state index in [1.807, 2.05) is 36.4 Å². The maximum atomic E-state index is 12.6. The molecule has 0 atom stereocenters. The first kappa shape index (κ1) is 26.5. The topological polar surface area (TPSA) is 35.5 Å². The molecule has 3 rings (SSSR count). The monoisotopic (exact) mass is 472 g/mol. The van der Waals surface area contributed by atoms with Crippen LogP contribution in [0.25, 0.3) is 11.1 Å². The molecular formula is C32H40O3. The van der Waals surface area contributed by atoms with Gasteiger partial charge in [0.1, 0.15) is 11.5 Å². The number of carbonyl (C=O) groups is 1. The smallest absolute Gasteiger partial charge is 0.343 e. The molecule has 3 nitrogen and oxygen atoms in total. The fourth-order valence-electron chi connectivity index (χ4n) is 4.08. The van der Waals surface area contributed by atoms with Gasteiger partial charge in [-0.2, -0.15) is 0 Å². The van der Waals surface area contributed by atoms with E-state index in [9.17, 15) is 4.79 Å². The van der Waals surface area contributed by atoms with Gasteiger partial charge in [-0.25, -0.2) is 4.79 Å². The van der Waals surface area contributed by atoms with Crippen molar-refractivity contribution in [2.45, 2.75) is 78.1 Å². The standard InChI is InChI=1S/C32H40O3/c1-3-5-7-9-10-12-26-13-15-27(16-14-26)28-17-19-29(20-18-28)32(33)35-31-23-21-30(22-24-31)34-25-11-8-6-4-2/h13-24H,3-12,25H2,1-2H3. The summed E-state index contributed by atoms with van der Waals surface area (Å²) in [6.45, 7) is 5.16. The molecule has 3 heteroatoms. The molecule has 0 radical (unpaired) electrons. The number of carbonyl (C=O) groups excluding carboxylic acids is 1. The molecule has 0 spiro atoms. The highest BCUT2D eigenvalue weighted by Crippen LogP contribution is 2.23. The summed E-state index contributed by atoms with van der Waals surface area (Å²) >= 11 is 0. The van der Waals surface area contributed by atoms with Gasteiger partial charge in [-0.05, 0) is 72.4 Å². The van der Waals surface area contributed by atoms with E-state index in [0.717, 1.165) is 29.7 Å². The fraction of sp³-hybridized carbons (Fsp3) is 0.406. The quantitative estimate of drug-likeness (QED) is 0.126. The van der Waals surface area contributed by atoms with Crippen LogP contribution in [0.15, 0.2) is 72.8 Å². The minimum Gasteiger partial charge on any atom is -0.494 e. The number of ether oxygens (including phenoxy) is 2. The molecule has 0 N–H and O–H groups in total. The summed E-state index contributed by atoms with van der Waals surface area (Å²) in [4.78, 5) is 12.6. The number of esters is 1. The van der Waals surface area contributed by atoms with Gasteiger partial charge in [0.2, 0.25) is 0 Å². The van der Waals surface area contributed by atoms with Crippen molar-refractivity contribution in [1.82, 2.24) is 0 Å². The van der Waals surface area contributed by atoms with Crippen molar-refractivity contribution in [3.05, 3.63) is 83.9 Å². The second-order valence-electron chi connectivity index (χ2n) is 9.21. The normalized spacial score (nSPS) is 10.8. The molecule has 0 bridgehead atoms. The molecule has 35 heavy (non-hydrogen) atoms. The molecule has 0 heterocycles. The first-order chi connectivity index (χ1) is 17.2. The molecule has 0 aromatic heterocycles. The van der Waals surface area contributed by atoms with Crippen LogP contribution in [0.5, 0.6) is 11.5 Å². The lowest BCUT2D eigenvalue weighted by molar-refractivity contribution is 0.0734. The lowest BCUT2D eigenvalue weighted by Gasteiger charge is -2.09. The second-order valence-corrected chi connectivity index (χ2v) is 9.21. The summed E-state index contributed by atoms with van der Waals surface area (Å²) in [7, 11) is 0. The number of hydrogen-bond acceptors (Lipinski definition) is 3. The third-order valence-corrected chi connectivity index (χ3v) is 6.28. The minimum atomic E-state index is -0.358. The van der Waals surface area contributed by atoms with E-state index in [4.69, 9.17) is 9.47 Å². The Morgan fingerprint density at radius 1 is 0.600 bits per heavy atom. The SMILES string of the molecule is CCCCCCCc1ccc(-c2ccc(C(=O)Oc3ccc(OCCCCCC)cc3)cc2)cc1. The van der Waals surface area contributed by atoms with Gasteiger partial charge in [-0.1, -0.05) is 95.2 Å². The summed E-state index contributed by atoms with van der Waals surface area (Å²) in [5.74, 6) is 0.957. The van der Waals surface area contributed by atoms with E-state index in [1.165, 1.54) is 56.9 Å². The lowest BCUT2D eigenvalue weighted by atomic mass is 10.00. The van der Waals surface area contributed by atoms with Crippen LogP contribution < -0.4 is 9.47 Å². The van der Waals surface area contributed by atoms with Crippen LogP contribution in [-0.4, -0.2) is 12.6 Å². The number of unbranched alkanes of at least 4 members (excludes halogenated alkanes) is 7. The van der Waals surface area contributed by atoms with E-state index in [0.29, 0.717) is 17.9 Å². The molecule has 0 saturated carbocycles. The molecule has 0 saturated heterocycles. The van der Waals surface area contributed by atoms with Crippen LogP contribution in [0.3, 0.4) is 0 Å². The zero-order valence-corrected chi connectivity index (χ0v) is 21.4. The third kappa shape index (κ3) is 9.24. The van der Waals surface area contributed by atoms with E-state index in [-0.39, 0.29) is 5.97 Å². The van der Waals surface area contributed by atoms with Crippen LogP contribution in [0.2, 0.25) is 0 Å². The highest BCUT2D eigenvalue weighted by molar-refractivity contribution is 5.91. The van der Waals surface area contributed by atoms with Gasteiger partial charge in [-0.3, -0.25) is 0 Å². The van der Waals surface area contributed by atoms with Gasteiger partial charge in [0.15, 0.2) is 0 Å². The number of rotatable bonds is 15. The van der Waals surface area contributed by atoms with Crippen molar-refractivity contribution in [1.29, 1.82) is 0 Å². The first-order valence-electron chi connectivity index (χ1n) is 13.3. The first-order valence-corrected chi connectivity index (χ1v) is 13.3. The number of benzene rings is 3. The molecule has 0 fully saturated rings. The predicted octanol–water partition coefficient (Wildman–Crippen LogP) is 9.04. The van der Waals surface area contributed by atoms with Crippen LogP contribution in [0.4, 0.5) is 0 Å². The zero-order valence-electron chi connectivity index (χ0n) is 21.4. The van der Waals surface area contributed by atoms with Crippen LogP contribution >= 0.6 is 0 Å². The van der Waals surface area contributed by atoms with Gasteiger partial charge in [0.25, 0.3) is 0 Å². The average molecular weight is 473 g/mol. The molecule has 3 aromatic rings. The lowest BCUT2D eigenvalue weighted by Crippen LogP contribution is -2.08. The van der Waals surface area contributed by atoms with Gasteiger partial charge >= 0.3 is 5.97 Å². The summed E-state index contributed by atoms with van der Waals surface area (Å²) in [5, 5.41) is 0. The summed E-state index contributed by atoms with van der Waals surface area (Å²) in [5.41, 5.74) is 4.17. The predicted molar refractivity (Wildman–Crippen MR) is 145 cm³/mol. The largest absolute Gasteiger partial charge is 0.494 e. The van der Waals surface area contributed by atoms with Gasteiger partial charge in [-0.15, -0.1) is 0 Å². The fourth-order valence-corrected chi connectivity index (χ4v) is 4.08. The summed E-state index contributed by atoms with van der Waals surface area (Å²) in [6.07, 6.45) is 12.4. The van der Waals surface area contributed by atoms with E-state index >= 15 is 0 Å².